The van der Waals surface area contributed by atoms with Gasteiger partial charge in [-0.25, -0.2) is 4.39 Å². The monoisotopic (exact) mass is 484 g/mol. The zero-order chi connectivity index (χ0) is 23.9. The average Bonchev–Trinajstić information content (AvgIpc) is 2.83. The molecule has 2 saturated heterocycles. The second kappa shape index (κ2) is 11.8. The first-order valence-corrected chi connectivity index (χ1v) is 13.1. The number of halogens is 1. The van der Waals surface area contributed by atoms with Crippen molar-refractivity contribution >= 4 is 34.9 Å². The fraction of sp³-hybridized carbons (Fsp3) is 0.577. The first kappa shape index (κ1) is 24.6. The van der Waals surface area contributed by atoms with Gasteiger partial charge in [0.2, 0.25) is 5.95 Å². The Morgan fingerprint density at radius 2 is 1.85 bits per heavy atom. The van der Waals surface area contributed by atoms with Crippen LogP contribution in [-0.4, -0.2) is 47.3 Å². The van der Waals surface area contributed by atoms with Crippen LogP contribution in [0.4, 0.5) is 22.0 Å². The van der Waals surface area contributed by atoms with Gasteiger partial charge in [-0.05, 0) is 87.7 Å². The summed E-state index contributed by atoms with van der Waals surface area (Å²) in [7, 11) is 0. The average molecular weight is 485 g/mol. The van der Waals surface area contributed by atoms with Crippen molar-refractivity contribution in [2.45, 2.75) is 64.8 Å². The van der Waals surface area contributed by atoms with Gasteiger partial charge in [-0.1, -0.05) is 19.1 Å². The van der Waals surface area contributed by atoms with Gasteiger partial charge in [0.25, 0.3) is 0 Å². The lowest BCUT2D eigenvalue weighted by molar-refractivity contribution is 0.444. The van der Waals surface area contributed by atoms with Crippen LogP contribution in [0.2, 0.25) is 0 Å². The van der Waals surface area contributed by atoms with Crippen LogP contribution in [0.15, 0.2) is 30.3 Å². The summed E-state index contributed by atoms with van der Waals surface area (Å²) in [5, 5.41) is 7.02. The Hall–Kier alpha value is -2.48. The summed E-state index contributed by atoms with van der Waals surface area (Å²) < 4.78 is 13.1. The standard InChI is InChI=1S/C26H37FN6S/c1-19-7-6-15-32(18-19)23-17-24(33-16-4-3-8-20(33)2)30-25(29-23)31-26(34)28-14-5-9-21-10-12-22(27)13-11-21/h10-13,17,19-20H,3-9,14-16,18H2,1-2H3,(H2,28,29,30,31,34)/t19-,20+/m0/s1. The molecule has 3 heterocycles. The van der Waals surface area contributed by atoms with Gasteiger partial charge in [0.1, 0.15) is 17.5 Å². The summed E-state index contributed by atoms with van der Waals surface area (Å²) in [5.41, 5.74) is 1.12. The third-order valence-electron chi connectivity index (χ3n) is 6.84. The number of nitrogens with zero attached hydrogens (tertiary/aromatic N) is 4. The lowest BCUT2D eigenvalue weighted by atomic mass is 10.0. The van der Waals surface area contributed by atoms with Crippen molar-refractivity contribution in [1.29, 1.82) is 0 Å². The summed E-state index contributed by atoms with van der Waals surface area (Å²) in [6, 6.07) is 9.29. The van der Waals surface area contributed by atoms with Crippen LogP contribution in [0.5, 0.6) is 0 Å². The highest BCUT2D eigenvalue weighted by molar-refractivity contribution is 7.80. The number of aryl methyl sites for hydroxylation is 1. The molecular formula is C26H37FN6S. The molecule has 8 heteroatoms. The minimum Gasteiger partial charge on any atom is -0.362 e. The van der Waals surface area contributed by atoms with E-state index in [9.17, 15) is 4.39 Å². The Morgan fingerprint density at radius 1 is 1.06 bits per heavy atom. The number of anilines is 3. The molecule has 184 valence electrons. The highest BCUT2D eigenvalue weighted by Gasteiger charge is 2.24. The maximum atomic E-state index is 13.1. The number of hydrogen-bond acceptors (Lipinski definition) is 5. The molecule has 0 spiro atoms. The molecule has 34 heavy (non-hydrogen) atoms. The highest BCUT2D eigenvalue weighted by Crippen LogP contribution is 2.29. The molecule has 0 amide bonds. The number of benzene rings is 1. The Balaban J connectivity index is 1.40. The van der Waals surface area contributed by atoms with Crippen molar-refractivity contribution in [3.63, 3.8) is 0 Å². The normalized spacial score (nSPS) is 20.8. The second-order valence-corrected chi connectivity index (χ2v) is 10.2. The van der Waals surface area contributed by atoms with Crippen molar-refractivity contribution < 1.29 is 4.39 Å². The molecule has 1 aromatic carbocycles. The molecule has 6 nitrogen and oxygen atoms in total. The summed E-state index contributed by atoms with van der Waals surface area (Å²) in [4.78, 5) is 14.5. The SMILES string of the molecule is C[C@H]1CCCN(c2cc(N3CCCC[C@H]3C)nc(NC(=S)NCCCc3ccc(F)cc3)n2)C1. The molecule has 0 saturated carbocycles. The second-order valence-electron chi connectivity index (χ2n) is 9.75. The maximum Gasteiger partial charge on any atom is 0.232 e. The molecule has 2 aliphatic rings. The summed E-state index contributed by atoms with van der Waals surface area (Å²) in [5.74, 6) is 2.99. The fourth-order valence-electron chi connectivity index (χ4n) is 4.91. The molecule has 2 N–H and O–H groups in total. The minimum atomic E-state index is -0.202. The maximum absolute atomic E-state index is 13.1. The lowest BCUT2D eigenvalue weighted by Crippen LogP contribution is -2.39. The predicted octanol–water partition coefficient (Wildman–Crippen LogP) is 5.15. The van der Waals surface area contributed by atoms with E-state index < -0.39 is 0 Å². The van der Waals surface area contributed by atoms with Crippen molar-refractivity contribution in [2.24, 2.45) is 5.92 Å². The van der Waals surface area contributed by atoms with E-state index in [1.165, 1.54) is 44.2 Å². The zero-order valence-electron chi connectivity index (χ0n) is 20.4. The van der Waals surface area contributed by atoms with E-state index in [1.54, 1.807) is 0 Å². The first-order valence-electron chi connectivity index (χ1n) is 12.7. The Bertz CT molecular complexity index is 953. The van der Waals surface area contributed by atoms with Gasteiger partial charge in [0, 0.05) is 38.3 Å². The minimum absolute atomic E-state index is 0.202. The van der Waals surface area contributed by atoms with Crippen molar-refractivity contribution in [2.75, 3.05) is 41.3 Å². The van der Waals surface area contributed by atoms with Gasteiger partial charge < -0.3 is 20.4 Å². The summed E-state index contributed by atoms with van der Waals surface area (Å²) in [6.07, 6.45) is 7.89. The molecular weight excluding hydrogens is 447 g/mol. The third kappa shape index (κ3) is 6.78. The number of thiocarbonyl (C=S) groups is 1. The Morgan fingerprint density at radius 3 is 2.62 bits per heavy atom. The predicted molar refractivity (Wildman–Crippen MR) is 142 cm³/mol. The van der Waals surface area contributed by atoms with Crippen LogP contribution >= 0.6 is 12.2 Å². The Kier molecular flexibility index (Phi) is 8.53. The van der Waals surface area contributed by atoms with E-state index in [4.69, 9.17) is 22.2 Å². The van der Waals surface area contributed by atoms with E-state index in [0.717, 1.165) is 56.2 Å². The molecule has 0 radical (unpaired) electrons. The van der Waals surface area contributed by atoms with Crippen molar-refractivity contribution in [3.8, 4) is 0 Å². The number of piperidine rings is 2. The van der Waals surface area contributed by atoms with Gasteiger partial charge in [-0.3, -0.25) is 0 Å². The van der Waals surface area contributed by atoms with E-state index in [0.29, 0.717) is 23.0 Å². The van der Waals surface area contributed by atoms with E-state index in [2.05, 4.69) is 40.3 Å². The number of rotatable bonds is 7. The summed E-state index contributed by atoms with van der Waals surface area (Å²) >= 11 is 5.55. The number of nitrogens with one attached hydrogen (secondary N) is 2. The van der Waals surface area contributed by atoms with E-state index in [-0.39, 0.29) is 5.82 Å². The smallest absolute Gasteiger partial charge is 0.232 e. The van der Waals surface area contributed by atoms with Gasteiger partial charge in [-0.15, -0.1) is 0 Å². The molecule has 1 aromatic heterocycles. The molecule has 2 fully saturated rings. The van der Waals surface area contributed by atoms with Gasteiger partial charge in [-0.2, -0.15) is 9.97 Å². The third-order valence-corrected chi connectivity index (χ3v) is 7.09. The molecule has 2 aliphatic heterocycles. The molecule has 2 atom stereocenters. The van der Waals surface area contributed by atoms with Crippen LogP contribution < -0.4 is 20.4 Å². The Labute approximate surface area is 208 Å². The van der Waals surface area contributed by atoms with Crippen LogP contribution in [0.3, 0.4) is 0 Å². The van der Waals surface area contributed by atoms with Crippen LogP contribution in [0, 0.1) is 11.7 Å². The van der Waals surface area contributed by atoms with E-state index in [1.807, 2.05) is 12.1 Å². The fourth-order valence-corrected chi connectivity index (χ4v) is 5.11. The first-order chi connectivity index (χ1) is 16.5. The number of aromatic nitrogens is 2. The van der Waals surface area contributed by atoms with Crippen LogP contribution in [0.25, 0.3) is 0 Å². The van der Waals surface area contributed by atoms with Gasteiger partial charge in [0.05, 0.1) is 0 Å². The van der Waals surface area contributed by atoms with Crippen LogP contribution in [0.1, 0.15) is 57.9 Å². The van der Waals surface area contributed by atoms with E-state index >= 15 is 0 Å². The largest absolute Gasteiger partial charge is 0.362 e. The number of hydrogen-bond donors (Lipinski definition) is 2. The highest BCUT2D eigenvalue weighted by atomic mass is 32.1. The topological polar surface area (TPSA) is 56.3 Å². The molecule has 0 unspecified atom stereocenters. The van der Waals surface area contributed by atoms with Gasteiger partial charge >= 0.3 is 0 Å². The quantitative estimate of drug-likeness (QED) is 0.416. The van der Waals surface area contributed by atoms with Gasteiger partial charge in [0.15, 0.2) is 5.11 Å². The zero-order valence-corrected chi connectivity index (χ0v) is 21.2. The molecule has 0 aliphatic carbocycles. The van der Waals surface area contributed by atoms with Crippen LogP contribution in [-0.2, 0) is 6.42 Å². The molecule has 2 aromatic rings. The van der Waals surface area contributed by atoms with Crippen molar-refractivity contribution in [1.82, 2.24) is 15.3 Å². The summed E-state index contributed by atoms with van der Waals surface area (Å²) in [6.45, 7) is 8.40. The van der Waals surface area contributed by atoms with Crippen molar-refractivity contribution in [3.05, 3.63) is 41.7 Å². The molecule has 4 rings (SSSR count). The lowest BCUT2D eigenvalue weighted by Gasteiger charge is -2.36. The molecule has 0 bridgehead atoms.